The number of carbonyl (C=O) groups is 3. The molecule has 0 amide bonds. The average molecular weight is 258 g/mol. The van der Waals surface area contributed by atoms with E-state index in [2.05, 4.69) is 0 Å². The van der Waals surface area contributed by atoms with Crippen LogP contribution >= 0.6 is 0 Å². The largest absolute Gasteiger partial charge is 0.466 e. The van der Waals surface area contributed by atoms with Crippen molar-refractivity contribution in [3.63, 3.8) is 0 Å². The van der Waals surface area contributed by atoms with Crippen LogP contribution in [0.15, 0.2) is 0 Å². The molecule has 102 valence electrons. The van der Waals surface area contributed by atoms with Crippen LogP contribution in [0.4, 0.5) is 0 Å². The SMILES string of the molecule is CCOC(=O)CC1(C(=O)OCC)CC(C)OC1=O. The van der Waals surface area contributed by atoms with Gasteiger partial charge in [-0.25, -0.2) is 0 Å². The molecule has 0 aromatic rings. The van der Waals surface area contributed by atoms with E-state index in [0.29, 0.717) is 0 Å². The summed E-state index contributed by atoms with van der Waals surface area (Å²) in [7, 11) is 0. The smallest absolute Gasteiger partial charge is 0.324 e. The van der Waals surface area contributed by atoms with Gasteiger partial charge in [0.05, 0.1) is 19.6 Å². The first-order valence-electron chi connectivity index (χ1n) is 6.00. The van der Waals surface area contributed by atoms with Crippen molar-refractivity contribution in [2.24, 2.45) is 5.41 Å². The van der Waals surface area contributed by atoms with Gasteiger partial charge in [0.1, 0.15) is 6.10 Å². The summed E-state index contributed by atoms with van der Waals surface area (Å²) in [6.07, 6.45) is -0.594. The van der Waals surface area contributed by atoms with E-state index in [-0.39, 0.29) is 26.1 Å². The Hall–Kier alpha value is -1.59. The number of hydrogen-bond acceptors (Lipinski definition) is 6. The molecule has 6 nitrogen and oxygen atoms in total. The standard InChI is InChI=1S/C12H18O6/c1-4-16-9(13)7-12(10(14)17-5-2)6-8(3)18-11(12)15/h8H,4-7H2,1-3H3. The van der Waals surface area contributed by atoms with Gasteiger partial charge in [0.2, 0.25) is 0 Å². The molecule has 1 saturated heterocycles. The average Bonchev–Trinajstić information content (AvgIpc) is 2.55. The topological polar surface area (TPSA) is 78.9 Å². The summed E-state index contributed by atoms with van der Waals surface area (Å²) in [5.74, 6) is -2.02. The molecule has 1 aliphatic heterocycles. The summed E-state index contributed by atoms with van der Waals surface area (Å²) in [6.45, 7) is 5.31. The van der Waals surface area contributed by atoms with E-state index in [0.717, 1.165) is 0 Å². The van der Waals surface area contributed by atoms with Crippen molar-refractivity contribution in [3.05, 3.63) is 0 Å². The van der Waals surface area contributed by atoms with Gasteiger partial charge in [-0.15, -0.1) is 0 Å². The highest BCUT2D eigenvalue weighted by atomic mass is 16.6. The maximum absolute atomic E-state index is 11.9. The van der Waals surface area contributed by atoms with E-state index in [4.69, 9.17) is 14.2 Å². The predicted molar refractivity (Wildman–Crippen MR) is 60.5 cm³/mol. The molecule has 0 N–H and O–H groups in total. The Bertz CT molecular complexity index is 350. The molecule has 1 rings (SSSR count). The van der Waals surface area contributed by atoms with Gasteiger partial charge < -0.3 is 14.2 Å². The molecule has 0 bridgehead atoms. The molecule has 0 radical (unpaired) electrons. The number of ether oxygens (including phenoxy) is 3. The van der Waals surface area contributed by atoms with Crippen molar-refractivity contribution in [1.29, 1.82) is 0 Å². The van der Waals surface area contributed by atoms with Gasteiger partial charge in [-0.05, 0) is 20.8 Å². The van der Waals surface area contributed by atoms with Crippen LogP contribution in [-0.4, -0.2) is 37.2 Å². The van der Waals surface area contributed by atoms with Gasteiger partial charge in [-0.2, -0.15) is 0 Å². The molecule has 18 heavy (non-hydrogen) atoms. The minimum Gasteiger partial charge on any atom is -0.466 e. The second kappa shape index (κ2) is 5.84. The Morgan fingerprint density at radius 2 is 1.94 bits per heavy atom. The molecule has 1 fully saturated rings. The highest BCUT2D eigenvalue weighted by Crippen LogP contribution is 2.39. The lowest BCUT2D eigenvalue weighted by atomic mass is 9.81. The van der Waals surface area contributed by atoms with Crippen molar-refractivity contribution >= 4 is 17.9 Å². The maximum atomic E-state index is 11.9. The Labute approximate surface area is 106 Å². The van der Waals surface area contributed by atoms with Crippen LogP contribution in [0.2, 0.25) is 0 Å². The predicted octanol–water partition coefficient (Wildman–Crippen LogP) is 0.825. The zero-order valence-corrected chi connectivity index (χ0v) is 10.9. The Morgan fingerprint density at radius 3 is 2.39 bits per heavy atom. The summed E-state index contributed by atoms with van der Waals surface area (Å²) < 4.78 is 14.6. The highest BCUT2D eigenvalue weighted by molar-refractivity contribution is 6.04. The van der Waals surface area contributed by atoms with E-state index >= 15 is 0 Å². The molecule has 1 aliphatic rings. The first-order chi connectivity index (χ1) is 8.46. The molecule has 2 unspecified atom stereocenters. The van der Waals surface area contributed by atoms with Crippen LogP contribution in [0, 0.1) is 5.41 Å². The molecule has 0 aromatic heterocycles. The molecule has 0 spiro atoms. The van der Waals surface area contributed by atoms with E-state index in [1.807, 2.05) is 0 Å². The van der Waals surface area contributed by atoms with Gasteiger partial charge in [0.25, 0.3) is 0 Å². The van der Waals surface area contributed by atoms with Crippen molar-refractivity contribution in [3.8, 4) is 0 Å². The Balaban J connectivity index is 2.91. The van der Waals surface area contributed by atoms with Crippen LogP contribution in [0.25, 0.3) is 0 Å². The normalized spacial score (nSPS) is 26.6. The van der Waals surface area contributed by atoms with Gasteiger partial charge in [0, 0.05) is 6.42 Å². The lowest BCUT2D eigenvalue weighted by Crippen LogP contribution is -2.40. The third-order valence-corrected chi connectivity index (χ3v) is 2.75. The van der Waals surface area contributed by atoms with E-state index in [1.165, 1.54) is 0 Å². The molecule has 1 heterocycles. The van der Waals surface area contributed by atoms with Crippen LogP contribution in [0.1, 0.15) is 33.6 Å². The lowest BCUT2D eigenvalue weighted by molar-refractivity contribution is -0.170. The van der Waals surface area contributed by atoms with Crippen LogP contribution in [-0.2, 0) is 28.6 Å². The van der Waals surface area contributed by atoms with Crippen LogP contribution in [0.3, 0.4) is 0 Å². The van der Waals surface area contributed by atoms with Crippen molar-refractivity contribution < 1.29 is 28.6 Å². The van der Waals surface area contributed by atoms with E-state index < -0.39 is 29.4 Å². The quantitative estimate of drug-likeness (QED) is 0.413. The zero-order valence-electron chi connectivity index (χ0n) is 10.9. The van der Waals surface area contributed by atoms with Crippen molar-refractivity contribution in [2.75, 3.05) is 13.2 Å². The number of hydrogen-bond donors (Lipinski definition) is 0. The third kappa shape index (κ3) is 2.80. The van der Waals surface area contributed by atoms with E-state index in [9.17, 15) is 14.4 Å². The second-order valence-corrected chi connectivity index (χ2v) is 4.20. The number of esters is 3. The number of rotatable bonds is 5. The van der Waals surface area contributed by atoms with Gasteiger partial charge >= 0.3 is 17.9 Å². The van der Waals surface area contributed by atoms with Gasteiger partial charge in [-0.1, -0.05) is 0 Å². The van der Waals surface area contributed by atoms with Crippen LogP contribution in [0.5, 0.6) is 0 Å². The monoisotopic (exact) mass is 258 g/mol. The maximum Gasteiger partial charge on any atom is 0.324 e. The summed E-state index contributed by atoms with van der Waals surface area (Å²) in [6, 6.07) is 0. The fourth-order valence-electron chi connectivity index (χ4n) is 2.02. The van der Waals surface area contributed by atoms with Crippen molar-refractivity contribution in [2.45, 2.75) is 39.7 Å². The van der Waals surface area contributed by atoms with Gasteiger partial charge in [0.15, 0.2) is 5.41 Å². The first-order valence-corrected chi connectivity index (χ1v) is 6.00. The van der Waals surface area contributed by atoms with Crippen LogP contribution < -0.4 is 0 Å². The summed E-state index contributed by atoms with van der Waals surface area (Å²) in [4.78, 5) is 35.3. The fraction of sp³-hybridized carbons (Fsp3) is 0.750. The lowest BCUT2D eigenvalue weighted by Gasteiger charge is -2.21. The Kier molecular flexibility index (Phi) is 4.69. The molecular formula is C12H18O6. The summed E-state index contributed by atoms with van der Waals surface area (Å²) in [5.41, 5.74) is -1.54. The Morgan fingerprint density at radius 1 is 1.33 bits per heavy atom. The molecular weight excluding hydrogens is 240 g/mol. The third-order valence-electron chi connectivity index (χ3n) is 2.75. The summed E-state index contributed by atoms with van der Waals surface area (Å²) in [5, 5.41) is 0. The molecule has 2 atom stereocenters. The highest BCUT2D eigenvalue weighted by Gasteiger charge is 2.56. The number of cyclic esters (lactones) is 1. The molecule has 0 aromatic carbocycles. The fourth-order valence-corrected chi connectivity index (χ4v) is 2.02. The second-order valence-electron chi connectivity index (χ2n) is 4.20. The van der Waals surface area contributed by atoms with E-state index in [1.54, 1.807) is 20.8 Å². The number of carbonyl (C=O) groups excluding carboxylic acids is 3. The minimum atomic E-state index is -1.54. The minimum absolute atomic E-state index is 0.142. The van der Waals surface area contributed by atoms with Gasteiger partial charge in [-0.3, -0.25) is 14.4 Å². The molecule has 0 saturated carbocycles. The summed E-state index contributed by atoms with van der Waals surface area (Å²) >= 11 is 0. The first kappa shape index (κ1) is 14.5. The van der Waals surface area contributed by atoms with Crippen molar-refractivity contribution in [1.82, 2.24) is 0 Å². The molecule has 6 heteroatoms. The zero-order chi connectivity index (χ0) is 13.8. The molecule has 0 aliphatic carbocycles.